The van der Waals surface area contributed by atoms with Gasteiger partial charge in [0, 0.05) is 22.5 Å². The van der Waals surface area contributed by atoms with Crippen molar-refractivity contribution in [3.05, 3.63) is 77.6 Å². The Morgan fingerprint density at radius 3 is 1.87 bits per heavy atom. The highest BCUT2D eigenvalue weighted by molar-refractivity contribution is 6.07. The lowest BCUT2D eigenvalue weighted by molar-refractivity contribution is 0.101. The number of nitrogens with one attached hydrogen (secondary N) is 2. The number of amides is 2. The van der Waals surface area contributed by atoms with E-state index in [-0.39, 0.29) is 5.56 Å². The second-order valence-corrected chi connectivity index (χ2v) is 6.41. The minimum atomic E-state index is -0.421. The number of carbonyl (C=O) groups is 2. The number of hydrogen-bond donors (Lipinski definition) is 2. The monoisotopic (exact) mass is 424 g/mol. The van der Waals surface area contributed by atoms with Crippen molar-refractivity contribution in [2.75, 3.05) is 32.0 Å². The van der Waals surface area contributed by atoms with E-state index in [4.69, 9.17) is 14.2 Å². The number of hydrogen-bond acceptors (Lipinski definition) is 5. The molecule has 0 aliphatic carbocycles. The lowest BCUT2D eigenvalue weighted by Gasteiger charge is -2.14. The lowest BCUT2D eigenvalue weighted by Crippen LogP contribution is -2.15. The third kappa shape index (κ3) is 5.11. The van der Waals surface area contributed by atoms with Crippen molar-refractivity contribution >= 4 is 23.2 Å². The molecule has 0 saturated heterocycles. The standard InChI is InChI=1S/C23H21FN2O5/c1-29-19-12-15(13-20(30-2)21(19)31-3)23(28)26-18-6-4-5-14(11-18)22(27)25-17-9-7-16(24)8-10-17/h4-13H,1-3H3,(H,25,27)(H,26,28). The van der Waals surface area contributed by atoms with Crippen LogP contribution in [-0.4, -0.2) is 33.1 Å². The van der Waals surface area contributed by atoms with Crippen molar-refractivity contribution in [3.63, 3.8) is 0 Å². The third-order valence-corrected chi connectivity index (χ3v) is 4.41. The van der Waals surface area contributed by atoms with Crippen LogP contribution in [-0.2, 0) is 0 Å². The summed E-state index contributed by atoms with van der Waals surface area (Å²) in [6.45, 7) is 0. The zero-order valence-corrected chi connectivity index (χ0v) is 17.2. The van der Waals surface area contributed by atoms with E-state index in [0.717, 1.165) is 0 Å². The van der Waals surface area contributed by atoms with Crippen molar-refractivity contribution in [1.82, 2.24) is 0 Å². The van der Waals surface area contributed by atoms with Crippen molar-refractivity contribution in [2.24, 2.45) is 0 Å². The summed E-state index contributed by atoms with van der Waals surface area (Å²) in [5, 5.41) is 5.42. The summed E-state index contributed by atoms with van der Waals surface area (Å²) in [7, 11) is 4.40. The lowest BCUT2D eigenvalue weighted by atomic mass is 10.1. The molecule has 0 aromatic heterocycles. The Labute approximate surface area is 178 Å². The highest BCUT2D eigenvalue weighted by Gasteiger charge is 2.17. The summed E-state index contributed by atoms with van der Waals surface area (Å²) in [5.41, 5.74) is 1.49. The van der Waals surface area contributed by atoms with E-state index in [2.05, 4.69) is 10.6 Å². The third-order valence-electron chi connectivity index (χ3n) is 4.41. The van der Waals surface area contributed by atoms with Crippen LogP contribution < -0.4 is 24.8 Å². The highest BCUT2D eigenvalue weighted by Crippen LogP contribution is 2.38. The fourth-order valence-electron chi connectivity index (χ4n) is 2.89. The van der Waals surface area contributed by atoms with Crippen LogP contribution in [0.1, 0.15) is 20.7 Å². The minimum absolute atomic E-state index is 0.288. The second kappa shape index (κ2) is 9.62. The number of benzene rings is 3. The fraction of sp³-hybridized carbons (Fsp3) is 0.130. The summed E-state index contributed by atoms with van der Waals surface area (Å²) >= 11 is 0. The molecule has 0 saturated carbocycles. The van der Waals surface area contributed by atoms with E-state index in [1.54, 1.807) is 18.2 Å². The molecule has 0 aliphatic heterocycles. The number of rotatable bonds is 7. The molecule has 2 N–H and O–H groups in total. The van der Waals surface area contributed by atoms with Crippen molar-refractivity contribution in [3.8, 4) is 17.2 Å². The summed E-state index contributed by atoms with van der Waals surface area (Å²) in [6.07, 6.45) is 0. The van der Waals surface area contributed by atoms with Gasteiger partial charge in [0.2, 0.25) is 5.75 Å². The Balaban J connectivity index is 1.78. The van der Waals surface area contributed by atoms with Gasteiger partial charge in [0.15, 0.2) is 11.5 Å². The van der Waals surface area contributed by atoms with E-state index >= 15 is 0 Å². The molecule has 0 atom stereocenters. The van der Waals surface area contributed by atoms with Crippen LogP contribution in [0.5, 0.6) is 17.2 Å². The van der Waals surface area contributed by atoms with Gasteiger partial charge in [-0.15, -0.1) is 0 Å². The van der Waals surface area contributed by atoms with Gasteiger partial charge in [-0.25, -0.2) is 4.39 Å². The Hall–Kier alpha value is -4.07. The van der Waals surface area contributed by atoms with Crippen LogP contribution in [0.2, 0.25) is 0 Å². The van der Waals surface area contributed by atoms with Gasteiger partial charge in [0.1, 0.15) is 5.82 Å². The number of methoxy groups -OCH3 is 3. The number of halogens is 1. The molecule has 0 radical (unpaired) electrons. The molecule has 7 nitrogen and oxygen atoms in total. The van der Waals surface area contributed by atoms with Crippen LogP contribution in [0.3, 0.4) is 0 Å². The summed E-state index contributed by atoms with van der Waals surface area (Å²) in [4.78, 5) is 25.2. The molecule has 3 aromatic carbocycles. The first-order valence-electron chi connectivity index (χ1n) is 9.23. The van der Waals surface area contributed by atoms with Crippen LogP contribution >= 0.6 is 0 Å². The molecule has 3 aromatic rings. The molecule has 0 unspecified atom stereocenters. The maximum atomic E-state index is 13.0. The minimum Gasteiger partial charge on any atom is -0.493 e. The van der Waals surface area contributed by atoms with E-state index in [1.807, 2.05) is 0 Å². The van der Waals surface area contributed by atoms with Gasteiger partial charge < -0.3 is 24.8 Å². The Morgan fingerprint density at radius 1 is 0.710 bits per heavy atom. The molecular formula is C23H21FN2O5. The SMILES string of the molecule is COc1cc(C(=O)Nc2cccc(C(=O)Nc3ccc(F)cc3)c2)cc(OC)c1OC. The molecule has 0 spiro atoms. The van der Waals surface area contributed by atoms with Gasteiger partial charge in [0.05, 0.1) is 21.3 Å². The maximum absolute atomic E-state index is 13.0. The zero-order valence-electron chi connectivity index (χ0n) is 17.2. The molecule has 8 heteroatoms. The van der Waals surface area contributed by atoms with E-state index in [1.165, 1.54) is 63.8 Å². The largest absolute Gasteiger partial charge is 0.493 e. The average molecular weight is 424 g/mol. The topological polar surface area (TPSA) is 85.9 Å². The summed E-state index contributed by atoms with van der Waals surface area (Å²) < 4.78 is 28.8. The number of carbonyl (C=O) groups excluding carboxylic acids is 2. The first-order chi connectivity index (χ1) is 14.9. The molecule has 0 aliphatic rings. The quantitative estimate of drug-likeness (QED) is 0.589. The van der Waals surface area contributed by atoms with E-state index < -0.39 is 17.6 Å². The smallest absolute Gasteiger partial charge is 0.255 e. The normalized spacial score (nSPS) is 10.2. The molecule has 0 heterocycles. The van der Waals surface area contributed by atoms with Crippen LogP contribution in [0.25, 0.3) is 0 Å². The van der Waals surface area contributed by atoms with Gasteiger partial charge in [-0.05, 0) is 54.6 Å². The maximum Gasteiger partial charge on any atom is 0.255 e. The number of ether oxygens (including phenoxy) is 3. The number of anilines is 2. The van der Waals surface area contributed by atoms with Gasteiger partial charge in [0.25, 0.3) is 11.8 Å². The van der Waals surface area contributed by atoms with Gasteiger partial charge in [-0.3, -0.25) is 9.59 Å². The van der Waals surface area contributed by atoms with Crippen molar-refractivity contribution in [1.29, 1.82) is 0 Å². The summed E-state index contributed by atoms with van der Waals surface area (Å²) in [5.74, 6) is -0.139. The summed E-state index contributed by atoms with van der Waals surface area (Å²) in [6, 6.07) is 14.9. The molecule has 2 amide bonds. The second-order valence-electron chi connectivity index (χ2n) is 6.41. The van der Waals surface area contributed by atoms with E-state index in [0.29, 0.717) is 34.2 Å². The molecule has 160 valence electrons. The average Bonchev–Trinajstić information content (AvgIpc) is 2.79. The van der Waals surface area contributed by atoms with Crippen LogP contribution in [0, 0.1) is 5.82 Å². The molecule has 31 heavy (non-hydrogen) atoms. The Bertz CT molecular complexity index is 1070. The van der Waals surface area contributed by atoms with Crippen molar-refractivity contribution < 1.29 is 28.2 Å². The molecule has 3 rings (SSSR count). The predicted molar refractivity (Wildman–Crippen MR) is 115 cm³/mol. The van der Waals surface area contributed by atoms with Crippen molar-refractivity contribution in [2.45, 2.75) is 0 Å². The molecule has 0 fully saturated rings. The van der Waals surface area contributed by atoms with Crippen LogP contribution in [0.15, 0.2) is 60.7 Å². The first kappa shape index (κ1) is 21.6. The van der Waals surface area contributed by atoms with E-state index in [9.17, 15) is 14.0 Å². The predicted octanol–water partition coefficient (Wildman–Crippen LogP) is 4.36. The van der Waals surface area contributed by atoms with Gasteiger partial charge in [-0.1, -0.05) is 6.07 Å². The zero-order chi connectivity index (χ0) is 22.4. The molecule has 0 bridgehead atoms. The highest BCUT2D eigenvalue weighted by atomic mass is 19.1. The molecular weight excluding hydrogens is 403 g/mol. The van der Waals surface area contributed by atoms with Gasteiger partial charge in [-0.2, -0.15) is 0 Å². The first-order valence-corrected chi connectivity index (χ1v) is 9.23. The van der Waals surface area contributed by atoms with Crippen LogP contribution in [0.4, 0.5) is 15.8 Å². The Kier molecular flexibility index (Phi) is 6.71. The van der Waals surface area contributed by atoms with Gasteiger partial charge >= 0.3 is 0 Å². The fourth-order valence-corrected chi connectivity index (χ4v) is 2.89. The Morgan fingerprint density at radius 2 is 1.29 bits per heavy atom.